The zero-order valence-electron chi connectivity index (χ0n) is 19.0. The molecule has 0 aliphatic rings. The maximum Gasteiger partial charge on any atom is 0.263 e. The van der Waals surface area contributed by atoms with Gasteiger partial charge in [-0.3, -0.25) is 9.36 Å². The Labute approximate surface area is 204 Å². The second-order valence-corrected chi connectivity index (χ2v) is 10.4. The molecular weight excluding hydrogens is 474 g/mol. The van der Waals surface area contributed by atoms with E-state index in [2.05, 4.69) is 25.8 Å². The summed E-state index contributed by atoms with van der Waals surface area (Å²) >= 11 is 7.37. The van der Waals surface area contributed by atoms with Gasteiger partial charge < -0.3 is 14.3 Å². The van der Waals surface area contributed by atoms with Crippen LogP contribution >= 0.6 is 22.9 Å². The molecule has 3 heterocycles. The number of hydrogen-bond acceptors (Lipinski definition) is 7. The number of ether oxygens (including phenoxy) is 1. The molecule has 0 spiro atoms. The molecule has 34 heavy (non-hydrogen) atoms. The Morgan fingerprint density at radius 3 is 2.71 bits per heavy atom. The monoisotopic (exact) mass is 495 g/mol. The molecule has 0 atom stereocenters. The topological polar surface area (TPSA) is 90.4 Å². The van der Waals surface area contributed by atoms with Gasteiger partial charge in [-0.1, -0.05) is 38.4 Å². The first-order chi connectivity index (χ1) is 16.2. The van der Waals surface area contributed by atoms with Crippen molar-refractivity contribution in [3.8, 4) is 22.9 Å². The molecule has 0 amide bonds. The molecule has 0 saturated heterocycles. The SMILES string of the molecule is COc1ccc(-c2nc3sc4c(O)c(Cl)ccc4c3c(=O)n2Cc2cnco2)c(C(C)(C)C)c1. The van der Waals surface area contributed by atoms with E-state index in [1.807, 2.05) is 18.2 Å². The van der Waals surface area contributed by atoms with Crippen LogP contribution in [-0.4, -0.2) is 26.8 Å². The summed E-state index contributed by atoms with van der Waals surface area (Å²) in [6, 6.07) is 9.08. The lowest BCUT2D eigenvalue weighted by atomic mass is 9.83. The van der Waals surface area contributed by atoms with Gasteiger partial charge in [0.2, 0.25) is 0 Å². The van der Waals surface area contributed by atoms with Crippen LogP contribution in [-0.2, 0) is 12.0 Å². The molecule has 0 unspecified atom stereocenters. The Hall–Kier alpha value is -3.36. The Bertz CT molecular complexity index is 1600. The van der Waals surface area contributed by atoms with Gasteiger partial charge in [0.25, 0.3) is 5.56 Å². The number of halogens is 1. The van der Waals surface area contributed by atoms with E-state index in [1.54, 1.807) is 30.0 Å². The second-order valence-electron chi connectivity index (χ2n) is 9.01. The third kappa shape index (κ3) is 3.63. The van der Waals surface area contributed by atoms with Crippen LogP contribution in [0.3, 0.4) is 0 Å². The Kier molecular flexibility index (Phi) is 5.37. The third-order valence-electron chi connectivity index (χ3n) is 5.76. The maximum absolute atomic E-state index is 13.9. The van der Waals surface area contributed by atoms with Crippen LogP contribution in [0.15, 0.2) is 52.1 Å². The fourth-order valence-electron chi connectivity index (χ4n) is 4.08. The highest BCUT2D eigenvalue weighted by Gasteiger charge is 2.25. The number of fused-ring (bicyclic) bond motifs is 3. The number of oxazole rings is 1. The fraction of sp³-hybridized carbons (Fsp3) is 0.240. The van der Waals surface area contributed by atoms with Crippen molar-refractivity contribution >= 4 is 43.2 Å². The lowest BCUT2D eigenvalue weighted by Crippen LogP contribution is -2.25. The van der Waals surface area contributed by atoms with E-state index < -0.39 is 0 Å². The molecule has 0 saturated carbocycles. The molecular formula is C25H22ClN3O4S. The first-order valence-electron chi connectivity index (χ1n) is 10.6. The number of aromatic nitrogens is 3. The van der Waals surface area contributed by atoms with Crippen molar-refractivity contribution < 1.29 is 14.3 Å². The van der Waals surface area contributed by atoms with Crippen molar-refractivity contribution in [2.45, 2.75) is 32.7 Å². The molecule has 2 aromatic carbocycles. The van der Waals surface area contributed by atoms with E-state index in [0.717, 1.165) is 16.9 Å². The van der Waals surface area contributed by atoms with Crippen LogP contribution < -0.4 is 10.3 Å². The summed E-state index contributed by atoms with van der Waals surface area (Å²) in [7, 11) is 1.63. The number of phenols is 1. The van der Waals surface area contributed by atoms with Crippen LogP contribution in [0.25, 0.3) is 31.7 Å². The summed E-state index contributed by atoms with van der Waals surface area (Å²) < 4.78 is 13.0. The quantitative estimate of drug-likeness (QED) is 0.330. The van der Waals surface area contributed by atoms with E-state index >= 15 is 0 Å². The van der Waals surface area contributed by atoms with E-state index in [9.17, 15) is 9.90 Å². The highest BCUT2D eigenvalue weighted by molar-refractivity contribution is 7.25. The number of hydrogen-bond donors (Lipinski definition) is 1. The minimum absolute atomic E-state index is 0.0512. The average molecular weight is 496 g/mol. The predicted octanol–water partition coefficient (Wildman–Crippen LogP) is 5.98. The minimum Gasteiger partial charge on any atom is -0.505 e. The molecule has 5 rings (SSSR count). The zero-order chi connectivity index (χ0) is 24.2. The minimum atomic E-state index is -0.250. The number of aromatic hydroxyl groups is 1. The van der Waals surface area contributed by atoms with Gasteiger partial charge in [0.1, 0.15) is 22.2 Å². The van der Waals surface area contributed by atoms with Crippen LogP contribution in [0.2, 0.25) is 5.02 Å². The van der Waals surface area contributed by atoms with Gasteiger partial charge in [-0.2, -0.15) is 0 Å². The van der Waals surface area contributed by atoms with Gasteiger partial charge in [-0.05, 0) is 35.2 Å². The van der Waals surface area contributed by atoms with Crippen molar-refractivity contribution in [3.05, 3.63) is 69.6 Å². The Balaban J connectivity index is 1.89. The second kappa shape index (κ2) is 8.14. The number of thiophene rings is 1. The molecule has 0 bridgehead atoms. The molecule has 5 aromatic rings. The summed E-state index contributed by atoms with van der Waals surface area (Å²) in [4.78, 5) is 23.4. The van der Waals surface area contributed by atoms with Crippen molar-refractivity contribution in [2.75, 3.05) is 7.11 Å². The molecule has 0 fully saturated rings. The molecule has 0 aliphatic heterocycles. The highest BCUT2D eigenvalue weighted by atomic mass is 35.5. The van der Waals surface area contributed by atoms with E-state index in [4.69, 9.17) is 25.7 Å². The largest absolute Gasteiger partial charge is 0.505 e. The van der Waals surface area contributed by atoms with E-state index in [-0.39, 0.29) is 28.3 Å². The fourth-order valence-corrected chi connectivity index (χ4v) is 5.40. The Morgan fingerprint density at radius 2 is 2.03 bits per heavy atom. The maximum atomic E-state index is 13.9. The summed E-state index contributed by atoms with van der Waals surface area (Å²) in [6.45, 7) is 6.45. The van der Waals surface area contributed by atoms with E-state index in [0.29, 0.717) is 31.9 Å². The summed E-state index contributed by atoms with van der Waals surface area (Å²) in [5, 5.41) is 11.8. The smallest absolute Gasteiger partial charge is 0.263 e. The lowest BCUT2D eigenvalue weighted by Gasteiger charge is -2.24. The molecule has 1 N–H and O–H groups in total. The Morgan fingerprint density at radius 1 is 1.24 bits per heavy atom. The third-order valence-corrected chi connectivity index (χ3v) is 7.17. The van der Waals surface area contributed by atoms with Gasteiger partial charge in [0, 0.05) is 10.9 Å². The first kappa shape index (κ1) is 22.4. The van der Waals surface area contributed by atoms with Crippen molar-refractivity contribution in [2.24, 2.45) is 0 Å². The average Bonchev–Trinajstić information content (AvgIpc) is 3.45. The molecule has 9 heteroatoms. The standard InChI is InChI=1S/C25H22ClN3O4S/c1-25(2,3)17-9-13(32-4)5-6-15(17)22-28-23-19(16-7-8-18(26)20(30)21(16)34-23)24(31)29(22)11-14-10-27-12-33-14/h5-10,12,30H,11H2,1-4H3. The molecule has 174 valence electrons. The molecule has 0 radical (unpaired) electrons. The summed E-state index contributed by atoms with van der Waals surface area (Å²) in [5.74, 6) is 1.70. The van der Waals surface area contributed by atoms with Gasteiger partial charge in [-0.25, -0.2) is 9.97 Å². The molecule has 7 nitrogen and oxygen atoms in total. The van der Waals surface area contributed by atoms with Crippen LogP contribution in [0.1, 0.15) is 32.1 Å². The van der Waals surface area contributed by atoms with Crippen molar-refractivity contribution in [1.82, 2.24) is 14.5 Å². The van der Waals surface area contributed by atoms with Crippen molar-refractivity contribution in [3.63, 3.8) is 0 Å². The van der Waals surface area contributed by atoms with Gasteiger partial charge >= 0.3 is 0 Å². The molecule has 3 aromatic heterocycles. The molecule has 0 aliphatic carbocycles. The first-order valence-corrected chi connectivity index (χ1v) is 11.8. The van der Waals surface area contributed by atoms with Crippen LogP contribution in [0.5, 0.6) is 11.5 Å². The van der Waals surface area contributed by atoms with Crippen molar-refractivity contribution in [1.29, 1.82) is 0 Å². The number of rotatable bonds is 4. The number of nitrogens with zero attached hydrogens (tertiary/aromatic N) is 3. The van der Waals surface area contributed by atoms with Gasteiger partial charge in [0.15, 0.2) is 12.1 Å². The van der Waals surface area contributed by atoms with Gasteiger partial charge in [0.05, 0.1) is 35.0 Å². The summed E-state index contributed by atoms with van der Waals surface area (Å²) in [6.07, 6.45) is 2.91. The zero-order valence-corrected chi connectivity index (χ0v) is 20.6. The van der Waals surface area contributed by atoms with Gasteiger partial charge in [-0.15, -0.1) is 11.3 Å². The number of phenolic OH excluding ortho intramolecular Hbond substituents is 1. The van der Waals surface area contributed by atoms with Crippen LogP contribution in [0, 0.1) is 0 Å². The number of benzene rings is 2. The van der Waals surface area contributed by atoms with E-state index in [1.165, 1.54) is 17.7 Å². The lowest BCUT2D eigenvalue weighted by molar-refractivity contribution is 0.412. The highest BCUT2D eigenvalue weighted by Crippen LogP contribution is 2.42. The predicted molar refractivity (Wildman–Crippen MR) is 134 cm³/mol. The van der Waals surface area contributed by atoms with Crippen LogP contribution in [0.4, 0.5) is 0 Å². The number of methoxy groups -OCH3 is 1. The summed E-state index contributed by atoms with van der Waals surface area (Å²) in [5.41, 5.74) is 1.31. The normalized spacial score (nSPS) is 12.0.